The number of halogens is 6. The van der Waals surface area contributed by atoms with Gasteiger partial charge in [-0.3, -0.25) is 24.1 Å². The van der Waals surface area contributed by atoms with Gasteiger partial charge in [0, 0.05) is 16.2 Å². The standard InChI is InChI=1S/C21H18Br2ClF3N2O5/c22-17-9-6-10(18(17)23)16-15(9)19(32)29(20(16)33)4-3-14(31)34-7-13(30)28-12-5-8(21(25,26)27)1-2-11(12)24/h1-2,5,9-10,15-18H,3-4,6-7H2,(H,28,30)/t9-,10-,15-,16+,17+,18+/m1/s1. The lowest BCUT2D eigenvalue weighted by Crippen LogP contribution is -2.37. The third kappa shape index (κ3) is 4.60. The van der Waals surface area contributed by atoms with Crippen LogP contribution in [-0.4, -0.2) is 51.4 Å². The lowest BCUT2D eigenvalue weighted by molar-refractivity contribution is -0.149. The van der Waals surface area contributed by atoms with E-state index in [9.17, 15) is 32.3 Å². The molecule has 0 radical (unpaired) electrons. The van der Waals surface area contributed by atoms with Gasteiger partial charge in [-0.2, -0.15) is 13.2 Å². The monoisotopic (exact) mass is 628 g/mol. The maximum Gasteiger partial charge on any atom is 0.416 e. The number of benzene rings is 1. The molecule has 13 heteroatoms. The number of hydrogen-bond acceptors (Lipinski definition) is 5. The zero-order valence-corrected chi connectivity index (χ0v) is 21.2. The number of amides is 3. The molecule has 184 valence electrons. The van der Waals surface area contributed by atoms with Crippen molar-refractivity contribution < 1.29 is 37.1 Å². The molecule has 3 aliphatic rings. The van der Waals surface area contributed by atoms with Gasteiger partial charge in [0.15, 0.2) is 6.61 Å². The molecule has 1 aliphatic heterocycles. The van der Waals surface area contributed by atoms with Crippen LogP contribution >= 0.6 is 43.5 Å². The van der Waals surface area contributed by atoms with Crippen molar-refractivity contribution in [3.8, 4) is 0 Å². The zero-order valence-electron chi connectivity index (χ0n) is 17.3. The van der Waals surface area contributed by atoms with E-state index in [4.69, 9.17) is 16.3 Å². The number of alkyl halides is 5. The van der Waals surface area contributed by atoms with E-state index in [1.807, 2.05) is 0 Å². The number of anilines is 1. The van der Waals surface area contributed by atoms with E-state index in [0.29, 0.717) is 6.07 Å². The quantitative estimate of drug-likeness (QED) is 0.292. The summed E-state index contributed by atoms with van der Waals surface area (Å²) in [5, 5.41) is 2.05. The number of rotatable bonds is 6. The summed E-state index contributed by atoms with van der Waals surface area (Å²) in [4.78, 5) is 51.0. The zero-order chi connectivity index (χ0) is 24.9. The van der Waals surface area contributed by atoms with Crippen LogP contribution in [0.1, 0.15) is 18.4 Å². The number of imide groups is 1. The number of ether oxygens (including phenoxy) is 1. The van der Waals surface area contributed by atoms with Gasteiger partial charge in [0.05, 0.1) is 34.5 Å². The highest BCUT2D eigenvalue weighted by molar-refractivity contribution is 9.12. The number of carbonyl (C=O) groups excluding carboxylic acids is 4. The van der Waals surface area contributed by atoms with Crippen molar-refractivity contribution in [3.05, 3.63) is 28.8 Å². The Morgan fingerprint density at radius 2 is 1.71 bits per heavy atom. The molecule has 3 amide bonds. The SMILES string of the molecule is O=C(COC(=O)CCN1C(=O)[C@@H]2[C@H]3C[C@@H]([C@H](Br)[C@H]3Br)[C@@H]2C1=O)Nc1cc(C(F)(F)F)ccc1Cl. The molecule has 1 aromatic rings. The van der Waals surface area contributed by atoms with Crippen LogP contribution in [0.5, 0.6) is 0 Å². The Labute approximate surface area is 213 Å². The van der Waals surface area contributed by atoms with Gasteiger partial charge in [-0.25, -0.2) is 0 Å². The Balaban J connectivity index is 1.27. The number of carbonyl (C=O) groups is 4. The van der Waals surface area contributed by atoms with Gasteiger partial charge < -0.3 is 10.1 Å². The van der Waals surface area contributed by atoms with E-state index in [0.717, 1.165) is 23.5 Å². The highest BCUT2D eigenvalue weighted by atomic mass is 79.9. The molecule has 0 spiro atoms. The predicted molar refractivity (Wildman–Crippen MR) is 121 cm³/mol. The van der Waals surface area contributed by atoms with Gasteiger partial charge >= 0.3 is 12.1 Å². The van der Waals surface area contributed by atoms with Crippen LogP contribution in [0.4, 0.5) is 18.9 Å². The summed E-state index contributed by atoms with van der Waals surface area (Å²) in [7, 11) is 0. The number of esters is 1. The third-order valence-electron chi connectivity index (χ3n) is 6.55. The van der Waals surface area contributed by atoms with Crippen LogP contribution in [0.3, 0.4) is 0 Å². The normalized spacial score (nSPS) is 30.0. The minimum atomic E-state index is -4.62. The van der Waals surface area contributed by atoms with E-state index in [-0.39, 0.29) is 57.0 Å². The number of hydrogen-bond donors (Lipinski definition) is 1. The predicted octanol–water partition coefficient (Wildman–Crippen LogP) is 4.01. The lowest BCUT2D eigenvalue weighted by atomic mass is 9.81. The fourth-order valence-electron chi connectivity index (χ4n) is 5.04. The molecular formula is C21H18Br2ClF3N2O5. The van der Waals surface area contributed by atoms with Crippen LogP contribution < -0.4 is 5.32 Å². The maximum atomic E-state index is 12.8. The molecular weight excluding hydrogens is 612 g/mol. The number of nitrogens with one attached hydrogen (secondary N) is 1. The van der Waals surface area contributed by atoms with Crippen LogP contribution in [0.15, 0.2) is 18.2 Å². The molecule has 2 saturated carbocycles. The second-order valence-electron chi connectivity index (χ2n) is 8.48. The lowest BCUT2D eigenvalue weighted by Gasteiger charge is -2.28. The van der Waals surface area contributed by atoms with Gasteiger partial charge in [0.2, 0.25) is 11.8 Å². The van der Waals surface area contributed by atoms with Crippen molar-refractivity contribution in [2.75, 3.05) is 18.5 Å². The van der Waals surface area contributed by atoms with E-state index < -0.39 is 42.1 Å². The summed E-state index contributed by atoms with van der Waals surface area (Å²) in [5.41, 5.74) is -1.28. The van der Waals surface area contributed by atoms with E-state index in [2.05, 4.69) is 37.2 Å². The molecule has 2 aliphatic carbocycles. The second kappa shape index (κ2) is 9.42. The Morgan fingerprint density at radius 3 is 2.26 bits per heavy atom. The largest absolute Gasteiger partial charge is 0.456 e. The van der Waals surface area contributed by atoms with Crippen molar-refractivity contribution >= 4 is 72.8 Å². The molecule has 4 rings (SSSR count). The highest BCUT2D eigenvalue weighted by Gasteiger charge is 2.66. The summed E-state index contributed by atoms with van der Waals surface area (Å²) in [5.74, 6) is -2.99. The van der Waals surface area contributed by atoms with Crippen molar-refractivity contribution in [1.82, 2.24) is 4.90 Å². The smallest absolute Gasteiger partial charge is 0.416 e. The average Bonchev–Trinajstić information content (AvgIpc) is 3.37. The molecule has 2 bridgehead atoms. The fraction of sp³-hybridized carbons (Fsp3) is 0.524. The van der Waals surface area contributed by atoms with Crippen LogP contribution in [-0.2, 0) is 30.1 Å². The second-order valence-corrected chi connectivity index (χ2v) is 11.0. The fourth-order valence-corrected chi connectivity index (χ4v) is 7.07. The summed E-state index contributed by atoms with van der Waals surface area (Å²) < 4.78 is 43.4. The van der Waals surface area contributed by atoms with Crippen molar-refractivity contribution in [2.24, 2.45) is 23.7 Å². The average molecular weight is 631 g/mol. The molecule has 1 aromatic carbocycles. The van der Waals surface area contributed by atoms with Gasteiger partial charge in [-0.1, -0.05) is 43.5 Å². The van der Waals surface area contributed by atoms with Crippen molar-refractivity contribution in [2.45, 2.75) is 28.7 Å². The first-order chi connectivity index (χ1) is 15.9. The van der Waals surface area contributed by atoms with Crippen LogP contribution in [0.25, 0.3) is 0 Å². The first kappa shape index (κ1) is 25.4. The molecule has 1 N–H and O–H groups in total. The van der Waals surface area contributed by atoms with Crippen molar-refractivity contribution in [3.63, 3.8) is 0 Å². The van der Waals surface area contributed by atoms with E-state index in [1.54, 1.807) is 0 Å². The van der Waals surface area contributed by atoms with Gasteiger partial charge in [0.25, 0.3) is 5.91 Å². The molecule has 0 aromatic heterocycles. The molecule has 6 atom stereocenters. The Morgan fingerprint density at radius 1 is 1.12 bits per heavy atom. The maximum absolute atomic E-state index is 12.8. The van der Waals surface area contributed by atoms with Crippen LogP contribution in [0.2, 0.25) is 5.02 Å². The number of likely N-dealkylation sites (tertiary alicyclic amines) is 1. The molecule has 3 fully saturated rings. The third-order valence-corrected chi connectivity index (χ3v) is 10.1. The summed E-state index contributed by atoms with van der Waals surface area (Å²) in [6, 6.07) is 2.44. The Hall–Kier alpha value is -1.66. The van der Waals surface area contributed by atoms with Gasteiger partial charge in [0.1, 0.15) is 0 Å². The van der Waals surface area contributed by atoms with E-state index in [1.165, 1.54) is 0 Å². The minimum absolute atomic E-state index is 0.0548. The molecule has 1 saturated heterocycles. The van der Waals surface area contributed by atoms with Crippen LogP contribution in [0, 0.1) is 23.7 Å². The molecule has 0 unspecified atom stereocenters. The van der Waals surface area contributed by atoms with Crippen molar-refractivity contribution in [1.29, 1.82) is 0 Å². The molecule has 34 heavy (non-hydrogen) atoms. The Bertz CT molecular complexity index is 1020. The summed E-state index contributed by atoms with van der Waals surface area (Å²) >= 11 is 13.0. The van der Waals surface area contributed by atoms with Gasteiger partial charge in [-0.05, 0) is 36.5 Å². The first-order valence-electron chi connectivity index (χ1n) is 10.4. The highest BCUT2D eigenvalue weighted by Crippen LogP contribution is 2.60. The minimum Gasteiger partial charge on any atom is -0.456 e. The number of fused-ring (bicyclic) bond motifs is 5. The molecule has 7 nitrogen and oxygen atoms in total. The first-order valence-corrected chi connectivity index (χ1v) is 12.6. The Kier molecular flexibility index (Phi) is 7.05. The summed E-state index contributed by atoms with van der Waals surface area (Å²) in [6.45, 7) is -0.927. The molecule has 1 heterocycles. The number of nitrogens with zero attached hydrogens (tertiary/aromatic N) is 1. The van der Waals surface area contributed by atoms with Gasteiger partial charge in [-0.15, -0.1) is 0 Å². The van der Waals surface area contributed by atoms with E-state index >= 15 is 0 Å². The topological polar surface area (TPSA) is 92.8 Å². The summed E-state index contributed by atoms with van der Waals surface area (Å²) in [6.07, 6.45) is -4.14.